The van der Waals surface area contributed by atoms with Gasteiger partial charge in [-0.1, -0.05) is 6.07 Å². The Balaban J connectivity index is 1.75. The third-order valence-corrected chi connectivity index (χ3v) is 3.54. The Kier molecular flexibility index (Phi) is 5.07. The number of nitrogens with zero attached hydrogens (tertiary/aromatic N) is 1. The van der Waals surface area contributed by atoms with Crippen LogP contribution in [0.4, 0.5) is 26.0 Å². The molecule has 0 aliphatic rings. The van der Waals surface area contributed by atoms with E-state index in [1.165, 1.54) is 18.3 Å². The number of carbonyl (C=O) groups is 1. The molecule has 2 N–H and O–H groups in total. The van der Waals surface area contributed by atoms with Crippen LogP contribution < -0.4 is 15.4 Å². The Bertz CT molecular complexity index is 948. The normalized spacial score (nSPS) is 10.3. The van der Waals surface area contributed by atoms with E-state index in [1.807, 2.05) is 0 Å². The second-order valence-corrected chi connectivity index (χ2v) is 5.37. The number of pyridine rings is 1. The molecule has 0 spiro atoms. The zero-order valence-electron chi connectivity index (χ0n) is 13.8. The zero-order valence-corrected chi connectivity index (χ0v) is 13.8. The van der Waals surface area contributed by atoms with Crippen molar-refractivity contribution < 1.29 is 18.3 Å². The summed E-state index contributed by atoms with van der Waals surface area (Å²) in [6.45, 7) is 0. The minimum atomic E-state index is -0.970. The molecule has 3 aromatic rings. The van der Waals surface area contributed by atoms with Crippen LogP contribution in [0.2, 0.25) is 0 Å². The first-order chi connectivity index (χ1) is 12.5. The molecule has 26 heavy (non-hydrogen) atoms. The first kappa shape index (κ1) is 17.3. The monoisotopic (exact) mass is 355 g/mol. The highest BCUT2D eigenvalue weighted by molar-refractivity contribution is 6.04. The van der Waals surface area contributed by atoms with E-state index < -0.39 is 11.6 Å². The molecule has 2 aromatic carbocycles. The summed E-state index contributed by atoms with van der Waals surface area (Å²) in [6, 6.07) is 13.4. The molecule has 5 nitrogen and oxygen atoms in total. The van der Waals surface area contributed by atoms with E-state index in [0.29, 0.717) is 28.5 Å². The summed E-state index contributed by atoms with van der Waals surface area (Å²) in [5.41, 5.74) is 1.26. The third kappa shape index (κ3) is 4.13. The first-order valence-corrected chi connectivity index (χ1v) is 7.69. The van der Waals surface area contributed by atoms with Gasteiger partial charge in [0.05, 0.1) is 7.11 Å². The summed E-state index contributed by atoms with van der Waals surface area (Å²) in [6.07, 6.45) is 1.45. The number of carbonyl (C=O) groups excluding carboxylic acids is 1. The molecule has 0 saturated carbocycles. The van der Waals surface area contributed by atoms with Gasteiger partial charge in [0.25, 0.3) is 5.91 Å². The number of methoxy groups -OCH3 is 1. The van der Waals surface area contributed by atoms with Gasteiger partial charge in [-0.2, -0.15) is 0 Å². The standard InChI is InChI=1S/C19H15F2N3O2/c1-26-15-4-2-3-13(10-15)24-19(25)12-7-8-22-18(9-12)23-14-5-6-16(20)17(21)11-14/h2-11H,1H3,(H,22,23)(H,24,25). The minimum absolute atomic E-state index is 0.321. The molecule has 1 heterocycles. The van der Waals surface area contributed by atoms with Gasteiger partial charge in [0, 0.05) is 35.3 Å². The van der Waals surface area contributed by atoms with Gasteiger partial charge in [-0.3, -0.25) is 4.79 Å². The molecule has 1 amide bonds. The third-order valence-electron chi connectivity index (χ3n) is 3.54. The van der Waals surface area contributed by atoms with Gasteiger partial charge in [-0.15, -0.1) is 0 Å². The first-order valence-electron chi connectivity index (χ1n) is 7.69. The van der Waals surface area contributed by atoms with Crippen molar-refractivity contribution in [3.05, 3.63) is 78.0 Å². The average Bonchev–Trinajstić information content (AvgIpc) is 2.65. The number of aromatic nitrogens is 1. The topological polar surface area (TPSA) is 63.2 Å². The lowest BCUT2D eigenvalue weighted by Crippen LogP contribution is -2.12. The number of benzene rings is 2. The lowest BCUT2D eigenvalue weighted by molar-refractivity contribution is 0.102. The van der Waals surface area contributed by atoms with Gasteiger partial charge in [0.15, 0.2) is 11.6 Å². The van der Waals surface area contributed by atoms with Gasteiger partial charge in [-0.25, -0.2) is 13.8 Å². The molecular weight excluding hydrogens is 340 g/mol. The fourth-order valence-corrected chi connectivity index (χ4v) is 2.27. The largest absolute Gasteiger partial charge is 0.497 e. The van der Waals surface area contributed by atoms with Gasteiger partial charge in [0.2, 0.25) is 0 Å². The molecule has 0 aliphatic carbocycles. The van der Waals surface area contributed by atoms with E-state index in [-0.39, 0.29) is 5.91 Å². The lowest BCUT2D eigenvalue weighted by Gasteiger charge is -2.09. The maximum absolute atomic E-state index is 13.3. The van der Waals surface area contributed by atoms with Crippen molar-refractivity contribution in [2.75, 3.05) is 17.7 Å². The van der Waals surface area contributed by atoms with Crippen molar-refractivity contribution in [3.8, 4) is 5.75 Å². The van der Waals surface area contributed by atoms with Crippen LogP contribution in [0.5, 0.6) is 5.75 Å². The molecular formula is C19H15F2N3O2. The highest BCUT2D eigenvalue weighted by atomic mass is 19.2. The maximum atomic E-state index is 13.3. The number of halogens is 2. The van der Waals surface area contributed by atoms with Crippen LogP contribution in [0.25, 0.3) is 0 Å². The molecule has 0 radical (unpaired) electrons. The van der Waals surface area contributed by atoms with Crippen LogP contribution in [-0.4, -0.2) is 18.0 Å². The fraction of sp³-hybridized carbons (Fsp3) is 0.0526. The summed E-state index contributed by atoms with van der Waals surface area (Å²) >= 11 is 0. The van der Waals surface area contributed by atoms with Crippen molar-refractivity contribution >= 4 is 23.1 Å². The Morgan fingerprint density at radius 2 is 1.85 bits per heavy atom. The molecule has 132 valence electrons. The number of ether oxygens (including phenoxy) is 1. The number of hydrogen-bond donors (Lipinski definition) is 2. The molecule has 0 saturated heterocycles. The highest BCUT2D eigenvalue weighted by Crippen LogP contribution is 2.20. The van der Waals surface area contributed by atoms with Crippen molar-refractivity contribution in [2.45, 2.75) is 0 Å². The SMILES string of the molecule is COc1cccc(NC(=O)c2ccnc(Nc3ccc(F)c(F)c3)c2)c1. The summed E-state index contributed by atoms with van der Waals surface area (Å²) in [4.78, 5) is 16.5. The molecule has 0 atom stereocenters. The molecule has 3 rings (SSSR count). The van der Waals surface area contributed by atoms with E-state index in [9.17, 15) is 13.6 Å². The second-order valence-electron chi connectivity index (χ2n) is 5.37. The molecule has 0 fully saturated rings. The van der Waals surface area contributed by atoms with E-state index in [2.05, 4.69) is 15.6 Å². The molecule has 7 heteroatoms. The second kappa shape index (κ2) is 7.60. The predicted octanol–water partition coefficient (Wildman–Crippen LogP) is 4.36. The predicted molar refractivity (Wildman–Crippen MR) is 94.8 cm³/mol. The summed E-state index contributed by atoms with van der Waals surface area (Å²) in [5.74, 6) is -1.29. The summed E-state index contributed by atoms with van der Waals surface area (Å²) in [7, 11) is 1.54. The number of amides is 1. The van der Waals surface area contributed by atoms with Crippen molar-refractivity contribution in [1.29, 1.82) is 0 Å². The highest BCUT2D eigenvalue weighted by Gasteiger charge is 2.09. The van der Waals surface area contributed by atoms with Crippen molar-refractivity contribution in [2.24, 2.45) is 0 Å². The molecule has 1 aromatic heterocycles. The maximum Gasteiger partial charge on any atom is 0.255 e. The molecule has 0 bridgehead atoms. The van der Waals surface area contributed by atoms with Crippen LogP contribution in [0.3, 0.4) is 0 Å². The number of hydrogen-bond acceptors (Lipinski definition) is 4. The molecule has 0 aliphatic heterocycles. The van der Waals surface area contributed by atoms with E-state index in [0.717, 1.165) is 12.1 Å². The number of nitrogens with one attached hydrogen (secondary N) is 2. The summed E-state index contributed by atoms with van der Waals surface area (Å²) in [5, 5.41) is 5.59. The Morgan fingerprint density at radius 1 is 1.00 bits per heavy atom. The van der Waals surface area contributed by atoms with Gasteiger partial charge in [0.1, 0.15) is 11.6 Å². The minimum Gasteiger partial charge on any atom is -0.497 e. The number of rotatable bonds is 5. The Labute approximate surface area is 148 Å². The van der Waals surface area contributed by atoms with E-state index >= 15 is 0 Å². The Morgan fingerprint density at radius 3 is 2.62 bits per heavy atom. The van der Waals surface area contributed by atoms with E-state index in [1.54, 1.807) is 37.4 Å². The van der Waals surface area contributed by atoms with Crippen LogP contribution >= 0.6 is 0 Å². The van der Waals surface area contributed by atoms with Crippen LogP contribution in [0.15, 0.2) is 60.8 Å². The smallest absolute Gasteiger partial charge is 0.255 e. The zero-order chi connectivity index (χ0) is 18.5. The number of anilines is 3. The van der Waals surface area contributed by atoms with Gasteiger partial charge >= 0.3 is 0 Å². The van der Waals surface area contributed by atoms with Crippen LogP contribution in [0.1, 0.15) is 10.4 Å². The Hall–Kier alpha value is -3.48. The summed E-state index contributed by atoms with van der Waals surface area (Å²) < 4.78 is 31.4. The average molecular weight is 355 g/mol. The van der Waals surface area contributed by atoms with Crippen molar-refractivity contribution in [3.63, 3.8) is 0 Å². The van der Waals surface area contributed by atoms with Crippen LogP contribution in [0, 0.1) is 11.6 Å². The molecule has 0 unspecified atom stereocenters. The quantitative estimate of drug-likeness (QED) is 0.714. The fourth-order valence-electron chi connectivity index (χ4n) is 2.27. The van der Waals surface area contributed by atoms with Crippen LogP contribution in [-0.2, 0) is 0 Å². The van der Waals surface area contributed by atoms with Crippen molar-refractivity contribution in [1.82, 2.24) is 4.98 Å². The van der Waals surface area contributed by atoms with E-state index in [4.69, 9.17) is 4.74 Å². The van der Waals surface area contributed by atoms with Gasteiger partial charge in [-0.05, 0) is 36.4 Å². The van der Waals surface area contributed by atoms with Gasteiger partial charge < -0.3 is 15.4 Å². The lowest BCUT2D eigenvalue weighted by atomic mass is 10.2.